The maximum atomic E-state index is 14.2. The van der Waals surface area contributed by atoms with Gasteiger partial charge in [0, 0.05) is 51.6 Å². The minimum Gasteiger partial charge on any atom is -0.393 e. The predicted molar refractivity (Wildman–Crippen MR) is 197 cm³/mol. The van der Waals surface area contributed by atoms with Gasteiger partial charge in [-0.2, -0.15) is 0 Å². The van der Waals surface area contributed by atoms with E-state index in [0.29, 0.717) is 44.4 Å². The molecule has 0 aromatic heterocycles. The van der Waals surface area contributed by atoms with Crippen molar-refractivity contribution in [3.63, 3.8) is 0 Å². The fraction of sp³-hybridized carbons (Fsp3) is 0.884. The molecule has 1 N–H and O–H groups in total. The molecule has 11 heteroatoms. The van der Waals surface area contributed by atoms with E-state index < -0.39 is 11.9 Å². The van der Waals surface area contributed by atoms with Gasteiger partial charge in [0.15, 0.2) is 5.79 Å². The van der Waals surface area contributed by atoms with Gasteiger partial charge in [0.25, 0.3) is 0 Å². The lowest BCUT2D eigenvalue weighted by molar-refractivity contribution is -0.292. The highest BCUT2D eigenvalue weighted by Crippen LogP contribution is 2.54. The quantitative estimate of drug-likeness (QED) is 0.338. The van der Waals surface area contributed by atoms with E-state index in [0.717, 1.165) is 75.4 Å². The van der Waals surface area contributed by atoms with Crippen molar-refractivity contribution in [3.05, 3.63) is 24.3 Å². The second-order valence-electron chi connectivity index (χ2n) is 18.3. The average molecular weight is 757 g/mol. The number of carbonyl (C=O) groups excluding carboxylic acids is 1. The fourth-order valence-electron chi connectivity index (χ4n) is 11.7. The zero-order valence-electron chi connectivity index (χ0n) is 32.6. The Kier molecular flexibility index (Phi) is 11.0. The van der Waals surface area contributed by atoms with E-state index in [1.165, 1.54) is 0 Å². The number of aliphatic hydroxyl groups is 1. The molecule has 0 aliphatic carbocycles. The van der Waals surface area contributed by atoms with Crippen molar-refractivity contribution in [1.29, 1.82) is 0 Å². The zero-order chi connectivity index (χ0) is 37.3. The number of ether oxygens (including phenoxy) is 9. The Morgan fingerprint density at radius 2 is 1.56 bits per heavy atom. The molecule has 0 radical (unpaired) electrons. The van der Waals surface area contributed by atoms with Gasteiger partial charge in [-0.25, -0.2) is 0 Å². The molecule has 10 saturated heterocycles. The number of methoxy groups -OCH3 is 1. The number of ketones is 1. The van der Waals surface area contributed by atoms with Gasteiger partial charge >= 0.3 is 0 Å². The molecule has 0 aromatic rings. The SMILES string of the molecule is C=C1C[C@@H]2CC[C@@]34C[C@H]5O[C@H]6[C@@H](O3)[C@H]3O[C@H](CC[C@@H]3O[C@H]6[C@H]5O4)CC(=O)C[C@@H]3[C@@H](OC)[C@@H](CC(O)CCCC)O[C@H]3C[C@H]3O[C@@H](CC[C@@H]1O2)C[C@@H](C)C3=C. The Balaban J connectivity index is 0.984. The number of unbranched alkanes of at least 4 members (excludes halogenated alkanes) is 1. The van der Waals surface area contributed by atoms with Crippen LogP contribution in [0.1, 0.15) is 117 Å². The van der Waals surface area contributed by atoms with Gasteiger partial charge in [-0.15, -0.1) is 0 Å². The van der Waals surface area contributed by atoms with E-state index in [-0.39, 0.29) is 103 Å². The predicted octanol–water partition coefficient (Wildman–Crippen LogP) is 5.67. The Morgan fingerprint density at radius 1 is 0.796 bits per heavy atom. The third-order valence-corrected chi connectivity index (χ3v) is 14.6. The highest BCUT2D eigenvalue weighted by molar-refractivity contribution is 5.79. The van der Waals surface area contributed by atoms with Gasteiger partial charge < -0.3 is 47.7 Å². The summed E-state index contributed by atoms with van der Waals surface area (Å²) in [6.07, 6.45) is 8.42. The van der Waals surface area contributed by atoms with E-state index in [1.807, 2.05) is 0 Å². The van der Waals surface area contributed by atoms with Crippen LogP contribution in [-0.4, -0.2) is 121 Å². The second-order valence-corrected chi connectivity index (χ2v) is 18.3. The number of hydrogen-bond donors (Lipinski definition) is 1. The first-order chi connectivity index (χ1) is 26.1. The van der Waals surface area contributed by atoms with E-state index in [2.05, 4.69) is 27.0 Å². The zero-order valence-corrected chi connectivity index (χ0v) is 32.6. The molecular formula is C43H64O11. The summed E-state index contributed by atoms with van der Waals surface area (Å²) in [4.78, 5) is 14.2. The number of carbonyl (C=O) groups is 1. The van der Waals surface area contributed by atoms with Crippen LogP contribution in [0.25, 0.3) is 0 Å². The van der Waals surface area contributed by atoms with Crippen LogP contribution in [0.4, 0.5) is 0 Å². The molecule has 1 spiro atoms. The van der Waals surface area contributed by atoms with Crippen LogP contribution in [0.2, 0.25) is 0 Å². The molecule has 0 aromatic carbocycles. The molecular weight excluding hydrogens is 692 g/mol. The summed E-state index contributed by atoms with van der Waals surface area (Å²) in [6.45, 7) is 13.3. The lowest BCUT2D eigenvalue weighted by Gasteiger charge is -2.47. The Hall–Kier alpha value is -1.25. The number of aliphatic hydroxyl groups excluding tert-OH is 1. The van der Waals surface area contributed by atoms with Gasteiger partial charge in [-0.3, -0.25) is 4.79 Å². The molecule has 10 heterocycles. The van der Waals surface area contributed by atoms with Crippen LogP contribution >= 0.6 is 0 Å². The highest BCUT2D eigenvalue weighted by atomic mass is 16.8. The van der Waals surface area contributed by atoms with Crippen molar-refractivity contribution < 1.29 is 52.5 Å². The Morgan fingerprint density at radius 3 is 2.39 bits per heavy atom. The van der Waals surface area contributed by atoms with Crippen LogP contribution in [0.3, 0.4) is 0 Å². The van der Waals surface area contributed by atoms with E-state index >= 15 is 0 Å². The summed E-state index contributed by atoms with van der Waals surface area (Å²) >= 11 is 0. The standard InChI is InChI=1S/C43H64O11/c1-6-7-8-25(44)19-35-37(46-5)30-18-26(45)17-28-10-12-32-38(49-28)42-41-40(51-32)39-36(52-41)21-43(53-39,54-42)14-13-29-16-23(3)31(47-29)11-9-27-15-22(2)24(4)33(48-27)20-34(30)50-35/h22,25,27-42,44H,3-4,6-21H2,1-2,5H3/t22-,25?,27+,28-,29+,30+,31+,32+,33-,34+,35-,36-,37-,38+,39+,40+,41-,42+,43+/m1/s1. The van der Waals surface area contributed by atoms with Crippen molar-refractivity contribution >= 4 is 5.78 Å². The second kappa shape index (κ2) is 15.5. The maximum absolute atomic E-state index is 14.2. The van der Waals surface area contributed by atoms with Crippen LogP contribution in [0, 0.1) is 11.8 Å². The molecule has 302 valence electrons. The molecule has 1 unspecified atom stereocenters. The average Bonchev–Trinajstić information content (AvgIpc) is 3.82. The summed E-state index contributed by atoms with van der Waals surface area (Å²) in [6, 6.07) is 0. The van der Waals surface area contributed by atoms with Crippen molar-refractivity contribution in [2.45, 2.75) is 220 Å². The lowest BCUT2D eigenvalue weighted by atomic mass is 9.81. The van der Waals surface area contributed by atoms with Crippen LogP contribution in [-0.2, 0) is 47.4 Å². The van der Waals surface area contributed by atoms with Crippen molar-refractivity contribution in [2.75, 3.05) is 7.11 Å². The van der Waals surface area contributed by atoms with Crippen molar-refractivity contribution in [1.82, 2.24) is 0 Å². The molecule has 10 aliphatic rings. The molecule has 0 saturated carbocycles. The van der Waals surface area contributed by atoms with Gasteiger partial charge in [-0.05, 0) is 68.4 Å². The number of rotatable bonds is 6. The maximum Gasteiger partial charge on any atom is 0.172 e. The third kappa shape index (κ3) is 7.24. The smallest absolute Gasteiger partial charge is 0.172 e. The molecule has 0 amide bonds. The van der Waals surface area contributed by atoms with Crippen LogP contribution < -0.4 is 0 Å². The molecule has 10 aliphatic heterocycles. The van der Waals surface area contributed by atoms with Crippen LogP contribution in [0.15, 0.2) is 24.3 Å². The number of fused-ring (bicyclic) bond motifs is 6. The molecule has 11 nitrogen and oxygen atoms in total. The minimum absolute atomic E-state index is 0.00635. The monoisotopic (exact) mass is 756 g/mol. The van der Waals surface area contributed by atoms with Gasteiger partial charge in [0.2, 0.25) is 0 Å². The van der Waals surface area contributed by atoms with E-state index in [4.69, 9.17) is 42.6 Å². The topological polar surface area (TPSA) is 120 Å². The molecule has 19 atom stereocenters. The van der Waals surface area contributed by atoms with Crippen LogP contribution in [0.5, 0.6) is 0 Å². The lowest BCUT2D eigenvalue weighted by Crippen LogP contribution is -2.61. The first-order valence-electron chi connectivity index (χ1n) is 21.5. The molecule has 10 fully saturated rings. The first-order valence-corrected chi connectivity index (χ1v) is 21.5. The summed E-state index contributed by atoms with van der Waals surface area (Å²) in [7, 11) is 1.70. The molecule has 10 rings (SSSR count). The normalized spacial score (nSPS) is 50.9. The summed E-state index contributed by atoms with van der Waals surface area (Å²) in [5.74, 6) is -0.527. The minimum atomic E-state index is -0.773. The number of Topliss-reactive ketones (excluding diaryl/α,β-unsaturated/α-hetero) is 1. The van der Waals surface area contributed by atoms with Crippen molar-refractivity contribution in [2.24, 2.45) is 11.8 Å². The van der Waals surface area contributed by atoms with Crippen molar-refractivity contribution in [3.8, 4) is 0 Å². The van der Waals surface area contributed by atoms with Gasteiger partial charge in [0.1, 0.15) is 36.3 Å². The Labute approximate surface area is 321 Å². The van der Waals surface area contributed by atoms with E-state index in [9.17, 15) is 9.90 Å². The van der Waals surface area contributed by atoms with Gasteiger partial charge in [-0.1, -0.05) is 39.8 Å². The van der Waals surface area contributed by atoms with E-state index in [1.54, 1.807) is 7.11 Å². The largest absolute Gasteiger partial charge is 0.393 e. The van der Waals surface area contributed by atoms with Gasteiger partial charge in [0.05, 0.1) is 67.1 Å². The molecule has 54 heavy (non-hydrogen) atoms. The summed E-state index contributed by atoms with van der Waals surface area (Å²) in [5, 5.41) is 11.0. The fourth-order valence-corrected chi connectivity index (χ4v) is 11.7. The Bertz CT molecular complexity index is 1400. The molecule has 12 bridgehead atoms. The highest BCUT2D eigenvalue weighted by Gasteiger charge is 2.68. The summed E-state index contributed by atoms with van der Waals surface area (Å²) < 4.78 is 60.4. The third-order valence-electron chi connectivity index (χ3n) is 14.6. The first kappa shape index (κ1) is 38.3. The number of hydrogen-bond acceptors (Lipinski definition) is 11. The summed E-state index contributed by atoms with van der Waals surface area (Å²) in [5.41, 5.74) is 2.23.